The van der Waals surface area contributed by atoms with Crippen molar-refractivity contribution in [2.75, 3.05) is 18.1 Å². The molecule has 41 heavy (non-hydrogen) atoms. The van der Waals surface area contributed by atoms with Crippen LogP contribution in [0.15, 0.2) is 66.9 Å². The van der Waals surface area contributed by atoms with E-state index >= 15 is 0 Å². The highest BCUT2D eigenvalue weighted by atomic mass is 31.2. The molecule has 0 bridgehead atoms. The molecule has 1 aliphatic heterocycles. The number of H-pyrrole nitrogens is 1. The van der Waals surface area contributed by atoms with Gasteiger partial charge in [-0.05, 0) is 36.4 Å². The summed E-state index contributed by atoms with van der Waals surface area (Å²) < 4.78 is 33.4. The number of Topliss-reactive ketones (excluding diaryl/α,β-unsaturated/α-hetero) is 1. The quantitative estimate of drug-likeness (QED) is 0.0851. The van der Waals surface area contributed by atoms with Crippen LogP contribution in [0.2, 0.25) is 0 Å². The molecule has 0 radical (unpaired) electrons. The third-order valence-corrected chi connectivity index (χ3v) is 6.80. The second-order valence-electron chi connectivity index (χ2n) is 9.12. The average molecular weight is 589 g/mol. The van der Waals surface area contributed by atoms with Gasteiger partial charge in [0.05, 0.1) is 5.56 Å². The van der Waals surface area contributed by atoms with Gasteiger partial charge in [0.2, 0.25) is 0 Å². The lowest BCUT2D eigenvalue weighted by molar-refractivity contribution is -0.224. The third-order valence-electron chi connectivity index (χ3n) is 6.28. The highest BCUT2D eigenvalue weighted by Gasteiger charge is 2.51. The summed E-state index contributed by atoms with van der Waals surface area (Å²) in [6, 6.07) is 15.0. The van der Waals surface area contributed by atoms with Crippen molar-refractivity contribution in [3.8, 4) is 0 Å². The molecule has 0 amide bonds. The Labute approximate surface area is 233 Å². The number of aromatic amines is 1. The third kappa shape index (κ3) is 7.38. The first kappa shape index (κ1) is 29.9. The Bertz CT molecular complexity index is 1440. The number of rotatable bonds is 10. The SMILES string of the molecule is Nc1ccccc1C(=O)C[C@@H]1O[C@H](COC(=O)c2ccc[nH]2)[C@@H](O)[C@H](OP(=O)(O)O)[C@H]1OC(=O)c1ccccc1N. The van der Waals surface area contributed by atoms with Gasteiger partial charge >= 0.3 is 19.8 Å². The molecule has 8 N–H and O–H groups in total. The zero-order valence-corrected chi connectivity index (χ0v) is 22.3. The molecule has 2 aromatic carbocycles. The Morgan fingerprint density at radius 3 is 2.10 bits per heavy atom. The van der Waals surface area contributed by atoms with Gasteiger partial charge in [0, 0.05) is 29.6 Å². The van der Waals surface area contributed by atoms with Crippen LogP contribution in [0.3, 0.4) is 0 Å². The Balaban J connectivity index is 1.66. The summed E-state index contributed by atoms with van der Waals surface area (Å²) >= 11 is 0. The molecular formula is C26H28N3O11P. The first-order chi connectivity index (χ1) is 19.4. The Kier molecular flexibility index (Phi) is 9.23. The number of carbonyl (C=O) groups excluding carboxylic acids is 3. The number of anilines is 2. The summed E-state index contributed by atoms with van der Waals surface area (Å²) in [5, 5.41) is 11.0. The molecule has 218 valence electrons. The van der Waals surface area contributed by atoms with Crippen LogP contribution >= 0.6 is 7.82 Å². The number of nitrogens with two attached hydrogens (primary N) is 2. The van der Waals surface area contributed by atoms with Crippen LogP contribution in [0, 0.1) is 0 Å². The molecular weight excluding hydrogens is 561 g/mol. The zero-order chi connectivity index (χ0) is 29.7. The van der Waals surface area contributed by atoms with Gasteiger partial charge in [-0.1, -0.05) is 24.3 Å². The minimum Gasteiger partial charge on any atom is -0.458 e. The van der Waals surface area contributed by atoms with Crippen molar-refractivity contribution in [2.24, 2.45) is 0 Å². The summed E-state index contributed by atoms with van der Waals surface area (Å²) in [7, 11) is -5.31. The van der Waals surface area contributed by atoms with Crippen LogP contribution < -0.4 is 11.5 Å². The molecule has 5 atom stereocenters. The van der Waals surface area contributed by atoms with Crippen molar-refractivity contribution in [1.29, 1.82) is 0 Å². The lowest BCUT2D eigenvalue weighted by Gasteiger charge is -2.43. The first-order valence-electron chi connectivity index (χ1n) is 12.3. The van der Waals surface area contributed by atoms with E-state index in [0.717, 1.165) is 0 Å². The van der Waals surface area contributed by atoms with E-state index in [9.17, 15) is 33.8 Å². The number of para-hydroxylation sites is 2. The maximum Gasteiger partial charge on any atom is 0.470 e. The summed E-state index contributed by atoms with van der Waals surface area (Å²) in [6.07, 6.45) is -7.46. The number of phosphoric ester groups is 1. The number of benzene rings is 2. The van der Waals surface area contributed by atoms with Gasteiger partial charge in [0.1, 0.15) is 36.7 Å². The molecule has 15 heteroatoms. The number of nitrogen functional groups attached to an aromatic ring is 2. The van der Waals surface area contributed by atoms with Crippen LogP contribution in [0.4, 0.5) is 11.4 Å². The number of aromatic nitrogens is 1. The molecule has 4 rings (SSSR count). The van der Waals surface area contributed by atoms with E-state index in [2.05, 4.69) is 4.98 Å². The number of ketones is 1. The van der Waals surface area contributed by atoms with Crippen LogP contribution in [0.25, 0.3) is 0 Å². The van der Waals surface area contributed by atoms with Crippen molar-refractivity contribution in [1.82, 2.24) is 4.98 Å². The molecule has 0 unspecified atom stereocenters. The number of nitrogens with one attached hydrogen (secondary N) is 1. The number of esters is 2. The zero-order valence-electron chi connectivity index (χ0n) is 21.4. The smallest absolute Gasteiger partial charge is 0.458 e. The molecule has 3 aromatic rings. The number of phosphoric acid groups is 1. The second kappa shape index (κ2) is 12.6. The molecule has 0 saturated carbocycles. The second-order valence-corrected chi connectivity index (χ2v) is 10.3. The predicted molar refractivity (Wildman–Crippen MR) is 143 cm³/mol. The minimum absolute atomic E-state index is 0.0426. The number of hydrogen-bond acceptors (Lipinski definition) is 11. The topological polar surface area (TPSA) is 234 Å². The van der Waals surface area contributed by atoms with Gasteiger partial charge < -0.3 is 45.6 Å². The van der Waals surface area contributed by atoms with Gasteiger partial charge in [0.25, 0.3) is 0 Å². The van der Waals surface area contributed by atoms with Gasteiger partial charge in [-0.3, -0.25) is 9.32 Å². The fraction of sp³-hybridized carbons (Fsp3) is 0.269. The van der Waals surface area contributed by atoms with E-state index < -0.39 is 69.1 Å². The molecule has 1 fully saturated rings. The lowest BCUT2D eigenvalue weighted by Crippen LogP contribution is -2.61. The molecule has 2 heterocycles. The number of aliphatic hydroxyl groups excluding tert-OH is 1. The van der Waals surface area contributed by atoms with Crippen molar-refractivity contribution in [3.05, 3.63) is 83.7 Å². The summed E-state index contributed by atoms with van der Waals surface area (Å²) in [5.41, 5.74) is 12.1. The van der Waals surface area contributed by atoms with Crippen LogP contribution in [-0.4, -0.2) is 74.7 Å². The monoisotopic (exact) mass is 589 g/mol. The summed E-state index contributed by atoms with van der Waals surface area (Å²) in [6.45, 7) is -0.607. The van der Waals surface area contributed by atoms with Crippen molar-refractivity contribution < 1.29 is 52.6 Å². The van der Waals surface area contributed by atoms with Gasteiger partial charge in [0.15, 0.2) is 11.9 Å². The van der Waals surface area contributed by atoms with Gasteiger partial charge in [-0.15, -0.1) is 0 Å². The van der Waals surface area contributed by atoms with E-state index in [-0.39, 0.29) is 28.2 Å². The Hall–Kier alpha value is -4.04. The van der Waals surface area contributed by atoms with Crippen molar-refractivity contribution in [3.63, 3.8) is 0 Å². The average Bonchev–Trinajstić information content (AvgIpc) is 3.46. The van der Waals surface area contributed by atoms with E-state index in [1.54, 1.807) is 24.3 Å². The minimum atomic E-state index is -5.31. The van der Waals surface area contributed by atoms with Crippen LogP contribution in [-0.2, 0) is 23.3 Å². The number of aliphatic hydroxyl groups is 1. The standard InChI is InChI=1S/C26H28N3O11P/c27-16-8-3-1-6-14(16)19(30)12-20-23(39-25(32)15-7-2-4-9-17(15)28)24(40-41(34,35)36)22(31)21(38-20)13-37-26(33)18-10-5-11-29-18/h1-11,20-24,29,31H,12-13,27-28H2,(H2,34,35,36)/t20-,21+,22+,23-,24-/m0/s1. The van der Waals surface area contributed by atoms with E-state index in [1.807, 2.05) is 0 Å². The van der Waals surface area contributed by atoms with Gasteiger partial charge in [-0.25, -0.2) is 14.2 Å². The summed E-state index contributed by atoms with van der Waals surface area (Å²) in [5.74, 6) is -2.41. The molecule has 1 aromatic heterocycles. The maximum absolute atomic E-state index is 13.2. The summed E-state index contributed by atoms with van der Waals surface area (Å²) in [4.78, 5) is 60.5. The van der Waals surface area contributed by atoms with Crippen LogP contribution in [0.5, 0.6) is 0 Å². The molecule has 0 aliphatic carbocycles. The Morgan fingerprint density at radius 1 is 0.878 bits per heavy atom. The Morgan fingerprint density at radius 2 is 1.51 bits per heavy atom. The number of hydrogen-bond donors (Lipinski definition) is 6. The van der Waals surface area contributed by atoms with Crippen molar-refractivity contribution in [2.45, 2.75) is 36.9 Å². The molecule has 1 saturated heterocycles. The number of ether oxygens (including phenoxy) is 3. The molecule has 14 nitrogen and oxygen atoms in total. The van der Waals surface area contributed by atoms with Crippen molar-refractivity contribution >= 4 is 36.9 Å². The predicted octanol–water partition coefficient (Wildman–Crippen LogP) is 1.44. The van der Waals surface area contributed by atoms with E-state index in [4.69, 9.17) is 30.2 Å². The lowest BCUT2D eigenvalue weighted by atomic mass is 9.90. The van der Waals surface area contributed by atoms with E-state index in [0.29, 0.717) is 0 Å². The molecule has 1 aliphatic rings. The largest absolute Gasteiger partial charge is 0.470 e. The highest BCUT2D eigenvalue weighted by molar-refractivity contribution is 7.46. The van der Waals surface area contributed by atoms with E-state index in [1.165, 1.54) is 42.6 Å². The van der Waals surface area contributed by atoms with Crippen LogP contribution in [0.1, 0.15) is 37.6 Å². The first-order valence-corrected chi connectivity index (χ1v) is 13.8. The molecule has 0 spiro atoms. The fourth-order valence-corrected chi connectivity index (χ4v) is 4.89. The van der Waals surface area contributed by atoms with Gasteiger partial charge in [-0.2, -0.15) is 0 Å². The fourth-order valence-electron chi connectivity index (χ4n) is 4.33. The maximum atomic E-state index is 13.2. The number of carbonyl (C=O) groups is 3. The highest BCUT2D eigenvalue weighted by Crippen LogP contribution is 2.43. The normalized spacial score (nSPS) is 22.6.